The van der Waals surface area contributed by atoms with Crippen molar-refractivity contribution in [3.05, 3.63) is 71.5 Å². The summed E-state index contributed by atoms with van der Waals surface area (Å²) in [5.41, 5.74) is 9.51. The fourth-order valence-electron chi connectivity index (χ4n) is 4.31. The summed E-state index contributed by atoms with van der Waals surface area (Å²) in [6.45, 7) is 2.77. The van der Waals surface area contributed by atoms with E-state index in [9.17, 15) is 4.79 Å². The van der Waals surface area contributed by atoms with Crippen LogP contribution in [0.15, 0.2) is 60.8 Å². The lowest BCUT2D eigenvalue weighted by molar-refractivity contribution is 0.0320. The van der Waals surface area contributed by atoms with Crippen LogP contribution in [-0.4, -0.2) is 51.6 Å². The summed E-state index contributed by atoms with van der Waals surface area (Å²) >= 11 is 6.55. The highest BCUT2D eigenvalue weighted by atomic mass is 35.5. The number of halogens is 1. The lowest BCUT2D eigenvalue weighted by Gasteiger charge is -2.15. The molecule has 0 amide bonds. The standard InChI is InChI=1S/C26H24ClN5O2/c1-15-11-19(14-32(15)2)34-26(33)24-25(28)31-22(16-7-4-3-5-8-16)23(30-24)18-12-17-9-6-10-29-21(17)20(27)13-18/h3-10,12-13,15,19H,11,14H2,1-2H3,(H2,28,31). The first kappa shape index (κ1) is 22.3. The van der Waals surface area contributed by atoms with E-state index < -0.39 is 5.97 Å². The number of fused-ring (bicyclic) bond motifs is 1. The smallest absolute Gasteiger partial charge is 0.361 e. The van der Waals surface area contributed by atoms with Gasteiger partial charge < -0.3 is 10.5 Å². The Kier molecular flexibility index (Phi) is 5.89. The van der Waals surface area contributed by atoms with Gasteiger partial charge in [0.05, 0.1) is 21.9 Å². The van der Waals surface area contributed by atoms with Crippen molar-refractivity contribution in [1.82, 2.24) is 19.9 Å². The number of rotatable bonds is 4. The molecule has 1 saturated heterocycles. The molecule has 4 aromatic rings. The van der Waals surface area contributed by atoms with E-state index in [1.54, 1.807) is 12.3 Å². The molecule has 1 aliphatic heterocycles. The number of esters is 1. The summed E-state index contributed by atoms with van der Waals surface area (Å²) in [6.07, 6.45) is 2.24. The predicted molar refractivity (Wildman–Crippen MR) is 134 cm³/mol. The van der Waals surface area contributed by atoms with E-state index in [4.69, 9.17) is 27.1 Å². The Balaban J connectivity index is 1.62. The monoisotopic (exact) mass is 473 g/mol. The number of anilines is 1. The Bertz CT molecular complexity index is 1370. The summed E-state index contributed by atoms with van der Waals surface area (Å²) in [5, 5.41) is 1.34. The number of nitrogens with two attached hydrogens (primary N) is 1. The number of nitrogens with zero attached hydrogens (tertiary/aromatic N) is 4. The van der Waals surface area contributed by atoms with Crippen LogP contribution in [0.3, 0.4) is 0 Å². The zero-order chi connectivity index (χ0) is 23.8. The lowest BCUT2D eigenvalue weighted by Crippen LogP contribution is -2.24. The topological polar surface area (TPSA) is 94.2 Å². The predicted octanol–water partition coefficient (Wildman–Crippen LogP) is 4.84. The van der Waals surface area contributed by atoms with Crippen LogP contribution in [0.4, 0.5) is 5.82 Å². The van der Waals surface area contributed by atoms with Crippen molar-refractivity contribution in [1.29, 1.82) is 0 Å². The summed E-state index contributed by atoms with van der Waals surface area (Å²) in [7, 11) is 2.01. The molecule has 0 spiro atoms. The Hall–Kier alpha value is -3.55. The van der Waals surface area contributed by atoms with Crippen molar-refractivity contribution < 1.29 is 9.53 Å². The molecule has 2 aromatic heterocycles. The Labute approximate surface area is 202 Å². The van der Waals surface area contributed by atoms with Gasteiger partial charge in [0.1, 0.15) is 6.10 Å². The molecule has 1 fully saturated rings. The average Bonchev–Trinajstić information content (AvgIpc) is 3.15. The highest BCUT2D eigenvalue weighted by molar-refractivity contribution is 6.35. The molecule has 2 atom stereocenters. The maximum absolute atomic E-state index is 13.1. The summed E-state index contributed by atoms with van der Waals surface area (Å²) in [4.78, 5) is 28.9. The van der Waals surface area contributed by atoms with Crippen LogP contribution in [-0.2, 0) is 4.74 Å². The quantitative estimate of drug-likeness (QED) is 0.423. The van der Waals surface area contributed by atoms with E-state index in [-0.39, 0.29) is 17.6 Å². The molecule has 5 rings (SSSR count). The van der Waals surface area contributed by atoms with Crippen molar-refractivity contribution in [3.8, 4) is 22.5 Å². The number of pyridine rings is 1. The van der Waals surface area contributed by atoms with E-state index in [0.717, 1.165) is 17.4 Å². The van der Waals surface area contributed by atoms with E-state index in [2.05, 4.69) is 21.8 Å². The van der Waals surface area contributed by atoms with Gasteiger partial charge in [-0.3, -0.25) is 9.88 Å². The normalized spacial score (nSPS) is 18.3. The molecule has 7 nitrogen and oxygen atoms in total. The number of ether oxygens (including phenoxy) is 1. The average molecular weight is 474 g/mol. The number of aromatic nitrogens is 3. The van der Waals surface area contributed by atoms with Gasteiger partial charge in [0.2, 0.25) is 0 Å². The molecular weight excluding hydrogens is 450 g/mol. The van der Waals surface area contributed by atoms with Crippen LogP contribution in [0.5, 0.6) is 0 Å². The third kappa shape index (κ3) is 4.20. The van der Waals surface area contributed by atoms with Gasteiger partial charge in [-0.2, -0.15) is 0 Å². The van der Waals surface area contributed by atoms with Crippen LogP contribution in [0, 0.1) is 0 Å². The van der Waals surface area contributed by atoms with E-state index in [0.29, 0.717) is 40.1 Å². The number of benzene rings is 2. The molecule has 2 unspecified atom stereocenters. The van der Waals surface area contributed by atoms with Crippen LogP contribution < -0.4 is 5.73 Å². The summed E-state index contributed by atoms with van der Waals surface area (Å²) in [6, 6.07) is 17.4. The number of likely N-dealkylation sites (N-methyl/N-ethyl adjacent to an activating group) is 1. The Morgan fingerprint density at radius 3 is 2.59 bits per heavy atom. The zero-order valence-corrected chi connectivity index (χ0v) is 19.7. The van der Waals surface area contributed by atoms with E-state index in [1.807, 2.05) is 55.6 Å². The minimum atomic E-state index is -0.577. The van der Waals surface area contributed by atoms with Crippen LogP contribution >= 0.6 is 11.6 Å². The van der Waals surface area contributed by atoms with Gasteiger partial charge in [0.15, 0.2) is 11.5 Å². The van der Waals surface area contributed by atoms with E-state index >= 15 is 0 Å². The third-order valence-electron chi connectivity index (χ3n) is 6.22. The SMILES string of the molecule is CC1CC(OC(=O)c2nc(-c3cc(Cl)c4ncccc4c3)c(-c3ccccc3)nc2N)CN1C. The molecule has 0 bridgehead atoms. The molecule has 3 heterocycles. The fraction of sp³-hybridized carbons (Fsp3) is 0.231. The molecule has 1 aliphatic rings. The molecule has 2 aromatic carbocycles. The maximum Gasteiger partial charge on any atom is 0.361 e. The Morgan fingerprint density at radius 1 is 1.09 bits per heavy atom. The number of nitrogen functional groups attached to an aromatic ring is 1. The zero-order valence-electron chi connectivity index (χ0n) is 18.9. The molecule has 0 radical (unpaired) electrons. The van der Waals surface area contributed by atoms with Crippen LogP contribution in [0.1, 0.15) is 23.8 Å². The summed E-state index contributed by atoms with van der Waals surface area (Å²) in [5.74, 6) is -0.549. The first-order valence-corrected chi connectivity index (χ1v) is 11.5. The molecule has 2 N–H and O–H groups in total. The molecular formula is C26H24ClN5O2. The minimum absolute atomic E-state index is 0.000654. The second-order valence-corrected chi connectivity index (χ2v) is 9.01. The maximum atomic E-state index is 13.1. The minimum Gasteiger partial charge on any atom is -0.456 e. The van der Waals surface area contributed by atoms with Crippen LogP contribution in [0.25, 0.3) is 33.4 Å². The fourth-order valence-corrected chi connectivity index (χ4v) is 4.59. The number of likely N-dealkylation sites (tertiary alicyclic amines) is 1. The highest BCUT2D eigenvalue weighted by Gasteiger charge is 2.31. The second kappa shape index (κ2) is 9.00. The van der Waals surface area contributed by atoms with Gasteiger partial charge >= 0.3 is 5.97 Å². The van der Waals surface area contributed by atoms with Gasteiger partial charge in [0.25, 0.3) is 0 Å². The molecule has 8 heteroatoms. The van der Waals surface area contributed by atoms with Crippen molar-refractivity contribution >= 4 is 34.3 Å². The van der Waals surface area contributed by atoms with Crippen molar-refractivity contribution in [3.63, 3.8) is 0 Å². The van der Waals surface area contributed by atoms with Gasteiger partial charge in [-0.15, -0.1) is 0 Å². The molecule has 0 saturated carbocycles. The lowest BCUT2D eigenvalue weighted by atomic mass is 10.0. The number of hydrogen-bond acceptors (Lipinski definition) is 7. The van der Waals surface area contributed by atoms with Gasteiger partial charge in [0, 0.05) is 41.7 Å². The molecule has 34 heavy (non-hydrogen) atoms. The van der Waals surface area contributed by atoms with Crippen LogP contribution in [0.2, 0.25) is 5.02 Å². The molecule has 0 aliphatic carbocycles. The number of hydrogen-bond donors (Lipinski definition) is 1. The largest absolute Gasteiger partial charge is 0.456 e. The van der Waals surface area contributed by atoms with Crippen molar-refractivity contribution in [2.75, 3.05) is 19.3 Å². The van der Waals surface area contributed by atoms with Gasteiger partial charge in [-0.25, -0.2) is 14.8 Å². The summed E-state index contributed by atoms with van der Waals surface area (Å²) < 4.78 is 5.75. The van der Waals surface area contributed by atoms with Gasteiger partial charge in [-0.05, 0) is 32.2 Å². The van der Waals surface area contributed by atoms with Gasteiger partial charge in [-0.1, -0.05) is 48.0 Å². The first-order chi connectivity index (χ1) is 16.4. The Morgan fingerprint density at radius 2 is 1.85 bits per heavy atom. The van der Waals surface area contributed by atoms with E-state index in [1.165, 1.54) is 0 Å². The molecule has 172 valence electrons. The van der Waals surface area contributed by atoms with Crippen molar-refractivity contribution in [2.24, 2.45) is 0 Å². The third-order valence-corrected chi connectivity index (χ3v) is 6.51. The number of carbonyl (C=O) groups is 1. The highest BCUT2D eigenvalue weighted by Crippen LogP contribution is 2.35. The first-order valence-electron chi connectivity index (χ1n) is 11.1. The van der Waals surface area contributed by atoms with Crippen molar-refractivity contribution in [2.45, 2.75) is 25.5 Å². The number of carbonyl (C=O) groups excluding carboxylic acids is 1. The second-order valence-electron chi connectivity index (χ2n) is 8.61.